The molecule has 0 fully saturated rings. The molecule has 0 aliphatic carbocycles. The Morgan fingerprint density at radius 1 is 1.29 bits per heavy atom. The van der Waals surface area contributed by atoms with Crippen molar-refractivity contribution in [3.05, 3.63) is 63.2 Å². The zero-order valence-electron chi connectivity index (χ0n) is 11.1. The zero-order valence-corrected chi connectivity index (χ0v) is 11.9. The van der Waals surface area contributed by atoms with E-state index in [9.17, 15) is 10.1 Å². The Hall–Kier alpha value is -2.64. The van der Waals surface area contributed by atoms with Crippen molar-refractivity contribution in [3.63, 3.8) is 0 Å². The third-order valence-corrected chi connectivity index (χ3v) is 3.46. The van der Waals surface area contributed by atoms with E-state index in [2.05, 4.69) is 9.97 Å². The van der Waals surface area contributed by atoms with Gasteiger partial charge in [0.1, 0.15) is 11.6 Å². The molecule has 3 rings (SSSR count). The van der Waals surface area contributed by atoms with Crippen molar-refractivity contribution in [1.82, 2.24) is 9.97 Å². The van der Waals surface area contributed by atoms with Gasteiger partial charge in [0.05, 0.1) is 5.52 Å². The van der Waals surface area contributed by atoms with Crippen molar-refractivity contribution in [2.45, 2.75) is 6.92 Å². The highest BCUT2D eigenvalue weighted by Crippen LogP contribution is 2.31. The van der Waals surface area contributed by atoms with Crippen LogP contribution in [0.25, 0.3) is 22.0 Å². The van der Waals surface area contributed by atoms with E-state index in [-0.39, 0.29) is 5.56 Å². The van der Waals surface area contributed by atoms with Crippen molar-refractivity contribution >= 4 is 22.5 Å². The number of nitrogens with zero attached hydrogens (tertiary/aromatic N) is 2. The van der Waals surface area contributed by atoms with Crippen LogP contribution >= 0.6 is 11.6 Å². The minimum absolute atomic E-state index is 0.0646. The molecule has 0 unspecified atom stereocenters. The summed E-state index contributed by atoms with van der Waals surface area (Å²) in [7, 11) is 0. The Balaban J connectivity index is 2.47. The van der Waals surface area contributed by atoms with Crippen molar-refractivity contribution in [2.24, 2.45) is 0 Å². The molecular formula is C16H10ClN3O. The molecule has 1 N–H and O–H groups in total. The highest BCUT2D eigenvalue weighted by molar-refractivity contribution is 6.32. The summed E-state index contributed by atoms with van der Waals surface area (Å²) in [6.45, 7) is 1.77. The second kappa shape index (κ2) is 5.04. The van der Waals surface area contributed by atoms with Crippen LogP contribution in [0.2, 0.25) is 5.02 Å². The van der Waals surface area contributed by atoms with E-state index < -0.39 is 5.56 Å². The molecule has 0 amide bonds. The van der Waals surface area contributed by atoms with Gasteiger partial charge in [-0.3, -0.25) is 9.78 Å². The summed E-state index contributed by atoms with van der Waals surface area (Å²) in [6.07, 6.45) is 1.67. The van der Waals surface area contributed by atoms with Crippen LogP contribution in [0.3, 0.4) is 0 Å². The number of nitrogens with one attached hydrogen (secondary N) is 1. The predicted molar refractivity (Wildman–Crippen MR) is 82.3 cm³/mol. The third kappa shape index (κ3) is 2.28. The lowest BCUT2D eigenvalue weighted by molar-refractivity contribution is 1.13. The van der Waals surface area contributed by atoms with Crippen LogP contribution in [0, 0.1) is 18.3 Å². The van der Waals surface area contributed by atoms with Gasteiger partial charge in [0.15, 0.2) is 0 Å². The number of aromatic amines is 1. The van der Waals surface area contributed by atoms with Crippen LogP contribution in [-0.2, 0) is 0 Å². The Morgan fingerprint density at radius 2 is 2.10 bits per heavy atom. The molecule has 0 radical (unpaired) electrons. The van der Waals surface area contributed by atoms with Crippen LogP contribution in [-0.4, -0.2) is 9.97 Å². The first kappa shape index (κ1) is 13.3. The summed E-state index contributed by atoms with van der Waals surface area (Å²) < 4.78 is 0. The molecule has 1 aromatic carbocycles. The van der Waals surface area contributed by atoms with Crippen LogP contribution in [0.1, 0.15) is 11.3 Å². The van der Waals surface area contributed by atoms with Crippen LogP contribution in [0.5, 0.6) is 0 Å². The van der Waals surface area contributed by atoms with Gasteiger partial charge in [0, 0.05) is 33.4 Å². The summed E-state index contributed by atoms with van der Waals surface area (Å²) in [5, 5.41) is 10.7. The summed E-state index contributed by atoms with van der Waals surface area (Å²) in [6, 6.07) is 11.0. The minimum Gasteiger partial charge on any atom is -0.325 e. The van der Waals surface area contributed by atoms with Gasteiger partial charge in [-0.15, -0.1) is 0 Å². The number of hydrogen-bond donors (Lipinski definition) is 1. The van der Waals surface area contributed by atoms with E-state index in [0.29, 0.717) is 27.4 Å². The van der Waals surface area contributed by atoms with Gasteiger partial charge in [0.25, 0.3) is 5.56 Å². The summed E-state index contributed by atoms with van der Waals surface area (Å²) in [4.78, 5) is 18.9. The number of H-pyrrole nitrogens is 1. The summed E-state index contributed by atoms with van der Waals surface area (Å²) in [5.41, 5.74) is 2.28. The molecule has 102 valence electrons. The standard InChI is InChI=1S/C16H10ClN3O/c1-9-5-12(14(8-18)16(21)20-9)13-7-11(17)6-10-3-2-4-19-15(10)13/h2-7H,1H3,(H,20,21). The first-order valence-electron chi connectivity index (χ1n) is 6.29. The number of benzene rings is 1. The second-order valence-electron chi connectivity index (χ2n) is 4.71. The van der Waals surface area contributed by atoms with Gasteiger partial charge >= 0.3 is 0 Å². The Morgan fingerprint density at radius 3 is 2.86 bits per heavy atom. The molecule has 4 nitrogen and oxygen atoms in total. The maximum absolute atomic E-state index is 12.0. The van der Waals surface area contributed by atoms with Gasteiger partial charge in [-0.1, -0.05) is 17.7 Å². The average molecular weight is 296 g/mol. The fraction of sp³-hybridized carbons (Fsp3) is 0.0625. The highest BCUT2D eigenvalue weighted by Gasteiger charge is 2.14. The van der Waals surface area contributed by atoms with Gasteiger partial charge in [-0.05, 0) is 31.2 Å². The largest absolute Gasteiger partial charge is 0.325 e. The number of rotatable bonds is 1. The van der Waals surface area contributed by atoms with E-state index in [4.69, 9.17) is 11.6 Å². The number of halogens is 1. The molecule has 2 aromatic heterocycles. The van der Waals surface area contributed by atoms with Crippen molar-refractivity contribution in [2.75, 3.05) is 0 Å². The molecule has 0 atom stereocenters. The molecule has 5 heteroatoms. The maximum Gasteiger partial charge on any atom is 0.266 e. The number of aryl methyl sites for hydroxylation is 1. The monoisotopic (exact) mass is 295 g/mol. The van der Waals surface area contributed by atoms with Crippen molar-refractivity contribution in [3.8, 4) is 17.2 Å². The predicted octanol–water partition coefficient (Wildman–Crippen LogP) is 3.42. The first-order chi connectivity index (χ1) is 10.1. The van der Waals surface area contributed by atoms with Gasteiger partial charge in [0.2, 0.25) is 0 Å². The normalized spacial score (nSPS) is 10.5. The smallest absolute Gasteiger partial charge is 0.266 e. The Labute approximate surface area is 125 Å². The number of hydrogen-bond acceptors (Lipinski definition) is 3. The fourth-order valence-corrected chi connectivity index (χ4v) is 2.60. The zero-order chi connectivity index (χ0) is 15.0. The minimum atomic E-state index is -0.406. The molecule has 0 spiro atoms. The number of nitriles is 1. The van der Waals surface area contributed by atoms with Crippen LogP contribution < -0.4 is 5.56 Å². The number of pyridine rings is 2. The highest BCUT2D eigenvalue weighted by atomic mass is 35.5. The lowest BCUT2D eigenvalue weighted by Gasteiger charge is -2.09. The third-order valence-electron chi connectivity index (χ3n) is 3.24. The molecule has 2 heterocycles. The van der Waals surface area contributed by atoms with Gasteiger partial charge < -0.3 is 4.98 Å². The first-order valence-corrected chi connectivity index (χ1v) is 6.66. The molecule has 0 aliphatic rings. The van der Waals surface area contributed by atoms with E-state index >= 15 is 0 Å². The molecule has 0 saturated carbocycles. The molecule has 3 aromatic rings. The number of aromatic nitrogens is 2. The van der Waals surface area contributed by atoms with Gasteiger partial charge in [-0.25, -0.2) is 0 Å². The van der Waals surface area contributed by atoms with Crippen LogP contribution in [0.15, 0.2) is 41.3 Å². The summed E-state index contributed by atoms with van der Waals surface area (Å²) in [5.74, 6) is 0. The molecule has 0 aliphatic heterocycles. The SMILES string of the molecule is Cc1cc(-c2cc(Cl)cc3cccnc23)c(C#N)c(=O)[nH]1. The lowest BCUT2D eigenvalue weighted by atomic mass is 9.98. The maximum atomic E-state index is 12.0. The molecule has 21 heavy (non-hydrogen) atoms. The van der Waals surface area contributed by atoms with E-state index in [0.717, 1.165) is 5.39 Å². The quantitative estimate of drug-likeness (QED) is 0.748. The molecular weight excluding hydrogens is 286 g/mol. The van der Waals surface area contributed by atoms with Crippen LogP contribution in [0.4, 0.5) is 0 Å². The Kier molecular flexibility index (Phi) is 3.20. The summed E-state index contributed by atoms with van der Waals surface area (Å²) >= 11 is 6.15. The average Bonchev–Trinajstić information content (AvgIpc) is 2.45. The van der Waals surface area contributed by atoms with Crippen molar-refractivity contribution in [1.29, 1.82) is 5.26 Å². The molecule has 0 saturated heterocycles. The van der Waals surface area contributed by atoms with Gasteiger partial charge in [-0.2, -0.15) is 5.26 Å². The van der Waals surface area contributed by atoms with Crippen molar-refractivity contribution < 1.29 is 0 Å². The fourth-order valence-electron chi connectivity index (χ4n) is 2.37. The lowest BCUT2D eigenvalue weighted by Crippen LogP contribution is -2.12. The second-order valence-corrected chi connectivity index (χ2v) is 5.15. The number of fused-ring (bicyclic) bond motifs is 1. The van der Waals surface area contributed by atoms with E-state index in [1.165, 1.54) is 0 Å². The molecule has 0 bridgehead atoms. The van der Waals surface area contributed by atoms with E-state index in [1.54, 1.807) is 31.3 Å². The Bertz CT molecular complexity index is 954. The van der Waals surface area contributed by atoms with E-state index in [1.807, 2.05) is 18.2 Å². The topological polar surface area (TPSA) is 69.5 Å².